The first-order valence-electron chi connectivity index (χ1n) is 4.77. The van der Waals surface area contributed by atoms with E-state index in [0.717, 1.165) is 17.3 Å². The molecule has 0 saturated carbocycles. The van der Waals surface area contributed by atoms with Crippen LogP contribution in [0.4, 0.5) is 5.69 Å². The van der Waals surface area contributed by atoms with Crippen molar-refractivity contribution < 1.29 is 4.21 Å². The van der Waals surface area contributed by atoms with Crippen LogP contribution >= 0.6 is 27.5 Å². The zero-order valence-electron chi connectivity index (χ0n) is 8.08. The molecule has 0 N–H and O–H groups in total. The monoisotopic (exact) mass is 307 g/mol. The van der Waals surface area contributed by atoms with Gasteiger partial charge < -0.3 is 0 Å². The number of benzene rings is 1. The van der Waals surface area contributed by atoms with Gasteiger partial charge in [0.25, 0.3) is 0 Å². The van der Waals surface area contributed by atoms with Crippen LogP contribution in [0.15, 0.2) is 27.0 Å². The van der Waals surface area contributed by atoms with Gasteiger partial charge in [-0.2, -0.15) is 4.36 Å². The van der Waals surface area contributed by atoms with Crippen molar-refractivity contribution in [1.29, 1.82) is 0 Å². The first kappa shape index (κ1) is 11.4. The van der Waals surface area contributed by atoms with E-state index in [0.29, 0.717) is 22.2 Å². The Labute approximate surface area is 103 Å². The molecule has 0 aromatic heterocycles. The summed E-state index contributed by atoms with van der Waals surface area (Å²) in [5, 5.41) is 0.555. The second kappa shape index (κ2) is 4.44. The van der Waals surface area contributed by atoms with Gasteiger partial charge in [-0.3, -0.25) is 0 Å². The molecule has 1 aromatic carbocycles. The lowest BCUT2D eigenvalue weighted by atomic mass is 10.3. The van der Waals surface area contributed by atoms with E-state index in [1.54, 1.807) is 12.1 Å². The van der Waals surface area contributed by atoms with Crippen molar-refractivity contribution in [1.82, 2.24) is 0 Å². The van der Waals surface area contributed by atoms with E-state index in [-0.39, 0.29) is 0 Å². The molecule has 0 radical (unpaired) electrons. The molecule has 0 amide bonds. The lowest BCUT2D eigenvalue weighted by Crippen LogP contribution is -1.99. The maximum absolute atomic E-state index is 12.2. The highest BCUT2D eigenvalue weighted by atomic mass is 79.9. The second-order valence-electron chi connectivity index (χ2n) is 3.57. The van der Waals surface area contributed by atoms with Gasteiger partial charge in [-0.1, -0.05) is 27.5 Å². The van der Waals surface area contributed by atoms with E-state index in [9.17, 15) is 4.21 Å². The summed E-state index contributed by atoms with van der Waals surface area (Å²) in [5.41, 5.74) is 0.645. The molecule has 0 bridgehead atoms. The molecule has 2 nitrogen and oxygen atoms in total. The van der Waals surface area contributed by atoms with E-state index >= 15 is 0 Å². The van der Waals surface area contributed by atoms with E-state index in [1.165, 1.54) is 0 Å². The van der Waals surface area contributed by atoms with Crippen LogP contribution < -0.4 is 0 Å². The Hall–Kier alpha value is -0.0600. The van der Waals surface area contributed by atoms with E-state index in [1.807, 2.05) is 6.07 Å². The van der Waals surface area contributed by atoms with Gasteiger partial charge in [0.05, 0.1) is 20.4 Å². The van der Waals surface area contributed by atoms with E-state index in [2.05, 4.69) is 20.3 Å². The molecule has 1 aliphatic heterocycles. The molecular weight excluding hydrogens is 298 g/mol. The zero-order chi connectivity index (χ0) is 10.9. The van der Waals surface area contributed by atoms with Gasteiger partial charge in [0.2, 0.25) is 0 Å². The van der Waals surface area contributed by atoms with Gasteiger partial charge in [0, 0.05) is 16.0 Å². The first-order chi connectivity index (χ1) is 7.09. The van der Waals surface area contributed by atoms with Crippen molar-refractivity contribution in [2.75, 3.05) is 11.5 Å². The van der Waals surface area contributed by atoms with Crippen molar-refractivity contribution in [3.8, 4) is 0 Å². The number of hydrogen-bond acceptors (Lipinski definition) is 2. The number of rotatable bonds is 1. The second-order valence-corrected chi connectivity index (χ2v) is 7.44. The maximum atomic E-state index is 12.2. The van der Waals surface area contributed by atoms with Gasteiger partial charge in [-0.25, -0.2) is 4.21 Å². The lowest BCUT2D eigenvalue weighted by Gasteiger charge is -2.02. The Morgan fingerprint density at radius 3 is 2.60 bits per heavy atom. The summed E-state index contributed by atoms with van der Waals surface area (Å²) in [4.78, 5) is 0. The third kappa shape index (κ3) is 2.74. The highest BCUT2D eigenvalue weighted by molar-refractivity contribution is 9.10. The summed E-state index contributed by atoms with van der Waals surface area (Å²) in [6.07, 6.45) is 2.02. The summed E-state index contributed by atoms with van der Waals surface area (Å²) in [6, 6.07) is 5.44. The first-order valence-corrected chi connectivity index (χ1v) is 7.79. The quantitative estimate of drug-likeness (QED) is 0.771. The molecule has 5 heteroatoms. The molecule has 0 spiro atoms. The predicted molar refractivity (Wildman–Crippen MR) is 68.4 cm³/mol. The van der Waals surface area contributed by atoms with Gasteiger partial charge in [-0.15, -0.1) is 0 Å². The van der Waals surface area contributed by atoms with Gasteiger partial charge in [0.15, 0.2) is 0 Å². The maximum Gasteiger partial charge on any atom is 0.0917 e. The molecule has 0 aliphatic carbocycles. The van der Waals surface area contributed by atoms with E-state index < -0.39 is 9.73 Å². The van der Waals surface area contributed by atoms with Crippen LogP contribution in [-0.4, -0.2) is 15.7 Å². The molecule has 82 valence electrons. The minimum atomic E-state index is -2.02. The fourth-order valence-corrected chi connectivity index (χ4v) is 4.56. The third-order valence-electron chi connectivity index (χ3n) is 2.35. The molecule has 15 heavy (non-hydrogen) atoms. The molecule has 1 fully saturated rings. The van der Waals surface area contributed by atoms with Crippen LogP contribution in [0.1, 0.15) is 12.8 Å². The van der Waals surface area contributed by atoms with Crippen molar-refractivity contribution in [2.24, 2.45) is 4.36 Å². The normalized spacial score (nSPS) is 19.1. The summed E-state index contributed by atoms with van der Waals surface area (Å²) in [6.45, 7) is 0. The molecule has 1 heterocycles. The topological polar surface area (TPSA) is 29.4 Å². The Balaban J connectivity index is 2.43. The van der Waals surface area contributed by atoms with Crippen LogP contribution in [0, 0.1) is 0 Å². The molecule has 1 aromatic rings. The highest BCUT2D eigenvalue weighted by Crippen LogP contribution is 2.30. The summed E-state index contributed by atoms with van der Waals surface area (Å²) < 4.78 is 17.4. The van der Waals surface area contributed by atoms with Crippen LogP contribution in [0.25, 0.3) is 0 Å². The zero-order valence-corrected chi connectivity index (χ0v) is 11.2. The number of halogens is 2. The Morgan fingerprint density at radius 2 is 2.00 bits per heavy atom. The van der Waals surface area contributed by atoms with Gasteiger partial charge in [0.1, 0.15) is 0 Å². The Bertz CT molecular complexity index is 482. The molecule has 1 aliphatic rings. The minimum Gasteiger partial charge on any atom is -0.249 e. The summed E-state index contributed by atoms with van der Waals surface area (Å²) in [7, 11) is -2.02. The van der Waals surface area contributed by atoms with Crippen molar-refractivity contribution in [3.05, 3.63) is 27.7 Å². The lowest BCUT2D eigenvalue weighted by molar-refractivity contribution is 0.681. The van der Waals surface area contributed by atoms with Crippen LogP contribution in [-0.2, 0) is 9.73 Å². The number of hydrogen-bond donors (Lipinski definition) is 0. The van der Waals surface area contributed by atoms with Crippen molar-refractivity contribution in [3.63, 3.8) is 0 Å². The van der Waals surface area contributed by atoms with Crippen molar-refractivity contribution >= 4 is 42.9 Å². The van der Waals surface area contributed by atoms with Crippen molar-refractivity contribution in [2.45, 2.75) is 12.8 Å². The van der Waals surface area contributed by atoms with E-state index in [4.69, 9.17) is 11.6 Å². The minimum absolute atomic E-state index is 0.555. The average Bonchev–Trinajstić information content (AvgIpc) is 2.58. The highest BCUT2D eigenvalue weighted by Gasteiger charge is 2.16. The fraction of sp³-hybridized carbons (Fsp3) is 0.400. The third-order valence-corrected chi connectivity index (χ3v) is 5.53. The molecule has 0 unspecified atom stereocenters. The SMILES string of the molecule is O=S1(=Nc2ccc(Br)cc2Cl)CCCC1. The van der Waals surface area contributed by atoms with Gasteiger partial charge >= 0.3 is 0 Å². The molecular formula is C10H11BrClNOS. The summed E-state index contributed by atoms with van der Waals surface area (Å²) >= 11 is 9.35. The fourth-order valence-electron chi connectivity index (χ4n) is 1.58. The average molecular weight is 309 g/mol. The van der Waals surface area contributed by atoms with Crippen LogP contribution in [0.5, 0.6) is 0 Å². The largest absolute Gasteiger partial charge is 0.249 e. The molecule has 2 rings (SSSR count). The van der Waals surface area contributed by atoms with Gasteiger partial charge in [-0.05, 0) is 31.0 Å². The van der Waals surface area contributed by atoms with Crippen LogP contribution in [0.3, 0.4) is 0 Å². The molecule has 0 atom stereocenters. The predicted octanol–water partition coefficient (Wildman–Crippen LogP) is 4.00. The smallest absolute Gasteiger partial charge is 0.0917 e. The summed E-state index contributed by atoms with van der Waals surface area (Å²) in [5.74, 6) is 1.42. The number of nitrogens with zero attached hydrogens (tertiary/aromatic N) is 1. The van der Waals surface area contributed by atoms with Crippen LogP contribution in [0.2, 0.25) is 5.02 Å². The molecule has 1 saturated heterocycles. The Kier molecular flexibility index (Phi) is 3.38. The standard InChI is InChI=1S/C10H11BrClNOS/c11-8-3-4-10(9(12)7-8)13-15(14)5-1-2-6-15/h3-4,7H,1-2,5-6H2. The Morgan fingerprint density at radius 1 is 1.33 bits per heavy atom.